The van der Waals surface area contributed by atoms with E-state index in [9.17, 15) is 24.7 Å². The number of cyclic esters (lactones) is 1. The number of aliphatic hydroxyl groups is 3. The number of carbonyl (C=O) groups is 1. The first-order valence-corrected chi connectivity index (χ1v) is 8.55. The number of carbonyl (C=O) groups excluding carboxylic acids is 1. The highest BCUT2D eigenvalue weighted by Gasteiger charge is 2.55. The van der Waals surface area contributed by atoms with E-state index < -0.39 is 44.4 Å². The van der Waals surface area contributed by atoms with E-state index in [0.717, 1.165) is 4.90 Å². The van der Waals surface area contributed by atoms with Crippen LogP contribution in [0.5, 0.6) is 0 Å². The van der Waals surface area contributed by atoms with Crippen LogP contribution in [-0.4, -0.2) is 76.7 Å². The predicted molar refractivity (Wildman–Crippen MR) is 72.8 cm³/mol. The summed E-state index contributed by atoms with van der Waals surface area (Å²) in [5.74, 6) is 0. The third-order valence-electron chi connectivity index (χ3n) is 3.55. The summed E-state index contributed by atoms with van der Waals surface area (Å²) in [7, 11) is -3.80. The van der Waals surface area contributed by atoms with Crippen LogP contribution in [0.4, 0.5) is 4.79 Å². The molecule has 4 N–H and O–H groups in total. The number of ether oxygens (including phenoxy) is 1. The molecule has 0 aromatic heterocycles. The molecule has 0 saturated carbocycles. The lowest BCUT2D eigenvalue weighted by atomic mass is 9.93. The van der Waals surface area contributed by atoms with Gasteiger partial charge in [-0.1, -0.05) is 0 Å². The average molecular weight is 340 g/mol. The van der Waals surface area contributed by atoms with Gasteiger partial charge in [-0.15, -0.1) is 0 Å². The van der Waals surface area contributed by atoms with Crippen LogP contribution in [0, 0.1) is 0 Å². The maximum atomic E-state index is 12.5. The fraction of sp³-hybridized carbons (Fsp3) is 0.909. The van der Waals surface area contributed by atoms with Crippen LogP contribution in [0.1, 0.15) is 13.8 Å². The predicted octanol–water partition coefficient (Wildman–Crippen LogP) is -1.000. The Kier molecular flexibility index (Phi) is 5.44. The van der Waals surface area contributed by atoms with Crippen molar-refractivity contribution in [2.45, 2.75) is 44.4 Å². The van der Waals surface area contributed by atoms with Crippen molar-refractivity contribution >= 4 is 13.8 Å². The number of amides is 1. The smallest absolute Gasteiger partial charge is 0.411 e. The highest BCUT2D eigenvalue weighted by Crippen LogP contribution is 2.45. The zero-order chi connectivity index (χ0) is 16.5. The molecule has 2 saturated heterocycles. The quantitative estimate of drug-likeness (QED) is 0.448. The van der Waals surface area contributed by atoms with Gasteiger partial charge in [-0.05, 0) is 13.8 Å². The van der Waals surface area contributed by atoms with E-state index in [0.29, 0.717) is 0 Å². The first kappa shape index (κ1) is 17.6. The lowest BCUT2D eigenvalue weighted by molar-refractivity contribution is -0.145. The summed E-state index contributed by atoms with van der Waals surface area (Å²) in [5, 5.41) is 32.4. The maximum absolute atomic E-state index is 12.5. The zero-order valence-electron chi connectivity index (χ0n) is 12.3. The lowest BCUT2D eigenvalue weighted by Gasteiger charge is -2.44. The van der Waals surface area contributed by atoms with E-state index in [1.165, 1.54) is 0 Å². The van der Waals surface area contributed by atoms with E-state index in [1.54, 1.807) is 13.8 Å². The highest BCUT2D eigenvalue weighted by atomic mass is 31.2. The monoisotopic (exact) mass is 340 g/mol. The van der Waals surface area contributed by atoms with Gasteiger partial charge in [0.05, 0.1) is 19.3 Å². The molecular formula is C11H21N2O8P. The van der Waals surface area contributed by atoms with E-state index >= 15 is 0 Å². The molecular weight excluding hydrogens is 319 g/mol. The average Bonchev–Trinajstić information content (AvgIpc) is 2.84. The van der Waals surface area contributed by atoms with Crippen LogP contribution in [0.2, 0.25) is 0 Å². The second-order valence-electron chi connectivity index (χ2n) is 4.93. The molecule has 5 atom stereocenters. The molecule has 10 nitrogen and oxygen atoms in total. The van der Waals surface area contributed by atoms with Crippen molar-refractivity contribution in [1.82, 2.24) is 9.99 Å². The van der Waals surface area contributed by atoms with Crippen molar-refractivity contribution in [3.05, 3.63) is 0 Å². The standard InChI is InChI=1S/C11H21N2O8P/c1-3-20-22(18,21-4-2)12-10-9(16)8(15)7(14)6-5-19-11(17)13(6)10/h6-10,14-16H,3-5H2,1-2H3,(H,12,18)/t6?,7-,8?,9+,10+/m1/s1. The van der Waals surface area contributed by atoms with Crippen molar-refractivity contribution in [1.29, 1.82) is 0 Å². The number of nitrogens with one attached hydrogen (secondary N) is 1. The van der Waals surface area contributed by atoms with Crippen molar-refractivity contribution in [2.24, 2.45) is 0 Å². The largest absolute Gasteiger partial charge is 0.447 e. The molecule has 2 aliphatic heterocycles. The molecule has 0 bridgehead atoms. The molecule has 0 aliphatic carbocycles. The van der Waals surface area contributed by atoms with Gasteiger partial charge < -0.3 is 20.1 Å². The van der Waals surface area contributed by atoms with Gasteiger partial charge in [-0.25, -0.2) is 9.36 Å². The van der Waals surface area contributed by atoms with E-state index in [1.807, 2.05) is 0 Å². The van der Waals surface area contributed by atoms with Crippen LogP contribution in [0.3, 0.4) is 0 Å². The fourth-order valence-corrected chi connectivity index (χ4v) is 4.07. The summed E-state index contributed by atoms with van der Waals surface area (Å²) in [6, 6.07) is -0.861. The summed E-state index contributed by atoms with van der Waals surface area (Å²) in [6.45, 7) is 3.22. The second kappa shape index (κ2) is 6.79. The van der Waals surface area contributed by atoms with Crippen LogP contribution in [0.15, 0.2) is 0 Å². The van der Waals surface area contributed by atoms with Crippen LogP contribution in [0.25, 0.3) is 0 Å². The Labute approximate surface area is 127 Å². The van der Waals surface area contributed by atoms with Gasteiger partial charge >= 0.3 is 13.8 Å². The molecule has 2 unspecified atom stereocenters. The molecule has 2 aliphatic rings. The van der Waals surface area contributed by atoms with Gasteiger partial charge in [0.2, 0.25) is 0 Å². The molecule has 2 heterocycles. The van der Waals surface area contributed by atoms with Crippen LogP contribution < -0.4 is 5.09 Å². The molecule has 0 spiro atoms. The van der Waals surface area contributed by atoms with Gasteiger partial charge in [-0.3, -0.25) is 13.9 Å². The molecule has 1 amide bonds. The summed E-state index contributed by atoms with van der Waals surface area (Å²) in [4.78, 5) is 12.8. The molecule has 0 radical (unpaired) electrons. The molecule has 0 aromatic rings. The Morgan fingerprint density at radius 1 is 1.23 bits per heavy atom. The van der Waals surface area contributed by atoms with Crippen molar-refractivity contribution in [3.63, 3.8) is 0 Å². The van der Waals surface area contributed by atoms with E-state index in [-0.39, 0.29) is 19.8 Å². The SMILES string of the molecule is CCOP(=O)(N[C@@H]1[C@@H](O)C(O)[C@H](O)C2COC(=O)N21)OCC. The number of rotatable bonds is 6. The van der Waals surface area contributed by atoms with Gasteiger partial charge in [0.1, 0.15) is 31.1 Å². The first-order chi connectivity index (χ1) is 10.3. The Morgan fingerprint density at radius 3 is 2.36 bits per heavy atom. The lowest BCUT2D eigenvalue weighted by Crippen LogP contribution is -2.69. The number of fused-ring (bicyclic) bond motifs is 1. The zero-order valence-corrected chi connectivity index (χ0v) is 13.2. The summed E-state index contributed by atoms with van der Waals surface area (Å²) in [5.41, 5.74) is 0. The minimum Gasteiger partial charge on any atom is -0.447 e. The van der Waals surface area contributed by atoms with Crippen molar-refractivity contribution < 1.29 is 38.5 Å². The van der Waals surface area contributed by atoms with Gasteiger partial charge in [0.15, 0.2) is 0 Å². The number of piperidine rings is 1. The number of nitrogens with zero attached hydrogens (tertiary/aromatic N) is 1. The molecule has 2 fully saturated rings. The van der Waals surface area contributed by atoms with Gasteiger partial charge in [-0.2, -0.15) is 5.09 Å². The fourth-order valence-electron chi connectivity index (χ4n) is 2.56. The molecule has 128 valence electrons. The topological polar surface area (TPSA) is 138 Å². The van der Waals surface area contributed by atoms with E-state index in [2.05, 4.69) is 5.09 Å². The molecule has 11 heteroatoms. The number of aliphatic hydroxyl groups excluding tert-OH is 3. The summed E-state index contributed by atoms with van der Waals surface area (Å²) in [6.07, 6.45) is -6.58. The van der Waals surface area contributed by atoms with Crippen molar-refractivity contribution in [2.75, 3.05) is 19.8 Å². The Balaban J connectivity index is 2.26. The van der Waals surface area contributed by atoms with E-state index in [4.69, 9.17) is 13.8 Å². The second-order valence-corrected chi connectivity index (χ2v) is 6.70. The number of hydrogen-bond donors (Lipinski definition) is 4. The number of hydrogen-bond acceptors (Lipinski definition) is 8. The van der Waals surface area contributed by atoms with Crippen molar-refractivity contribution in [3.8, 4) is 0 Å². The molecule has 22 heavy (non-hydrogen) atoms. The first-order valence-electron chi connectivity index (χ1n) is 7.00. The Hall–Kier alpha value is -0.740. The minimum absolute atomic E-state index is 0.0755. The minimum atomic E-state index is -3.80. The highest BCUT2D eigenvalue weighted by molar-refractivity contribution is 7.51. The molecule has 2 rings (SSSR count). The summed E-state index contributed by atoms with van der Waals surface area (Å²) < 4.78 is 27.5. The van der Waals surface area contributed by atoms with Crippen LogP contribution >= 0.6 is 7.75 Å². The van der Waals surface area contributed by atoms with Gasteiger partial charge in [0.25, 0.3) is 0 Å². The van der Waals surface area contributed by atoms with Gasteiger partial charge in [0, 0.05) is 0 Å². The summed E-state index contributed by atoms with van der Waals surface area (Å²) >= 11 is 0. The third kappa shape index (κ3) is 3.13. The Morgan fingerprint density at radius 2 is 1.82 bits per heavy atom. The van der Waals surface area contributed by atoms with Crippen LogP contribution in [-0.2, 0) is 18.3 Å². The molecule has 0 aromatic carbocycles. The third-order valence-corrected chi connectivity index (χ3v) is 5.33. The normalized spacial score (nSPS) is 35.4. The maximum Gasteiger partial charge on any atom is 0.411 e. The Bertz CT molecular complexity index is 453.